The van der Waals surface area contributed by atoms with Gasteiger partial charge in [-0.2, -0.15) is 4.31 Å². The Bertz CT molecular complexity index is 498. The van der Waals surface area contributed by atoms with Crippen LogP contribution in [-0.4, -0.2) is 49.2 Å². The zero-order valence-electron chi connectivity index (χ0n) is 10.0. The fraction of sp³-hybridized carbons (Fsp3) is 0.455. The third-order valence-corrected chi connectivity index (χ3v) is 5.57. The molecular weight excluding hydrogens is 369 g/mol. The number of benzene rings is 1. The zero-order valence-corrected chi connectivity index (χ0v) is 13.0. The third kappa shape index (κ3) is 3.64. The van der Waals surface area contributed by atoms with E-state index >= 15 is 0 Å². The molecule has 0 unspecified atom stereocenters. The van der Waals surface area contributed by atoms with Crippen LogP contribution in [-0.2, 0) is 10.0 Å². The molecule has 5 nitrogen and oxygen atoms in total. The average molecular weight is 385 g/mol. The molecule has 0 aliphatic carbocycles. The number of hydrogen-bond donors (Lipinski definition) is 2. The molecule has 0 aromatic heterocycles. The molecular formula is C11H16INO4S. The van der Waals surface area contributed by atoms with Crippen molar-refractivity contribution in [1.29, 1.82) is 0 Å². The zero-order chi connectivity index (χ0) is 13.8. The van der Waals surface area contributed by atoms with E-state index in [4.69, 9.17) is 10.2 Å². The van der Waals surface area contributed by atoms with Crippen LogP contribution in [0.1, 0.15) is 5.56 Å². The van der Waals surface area contributed by atoms with E-state index in [1.165, 1.54) is 6.07 Å². The number of aliphatic hydroxyl groups excluding tert-OH is 2. The van der Waals surface area contributed by atoms with Crippen LogP contribution in [0.15, 0.2) is 23.1 Å². The maximum Gasteiger partial charge on any atom is 0.243 e. The Morgan fingerprint density at radius 2 is 1.78 bits per heavy atom. The van der Waals surface area contributed by atoms with Gasteiger partial charge in [-0.15, -0.1) is 0 Å². The summed E-state index contributed by atoms with van der Waals surface area (Å²) in [5.74, 6) is 0. The lowest BCUT2D eigenvalue weighted by atomic mass is 10.2. The Labute approximate surface area is 121 Å². The summed E-state index contributed by atoms with van der Waals surface area (Å²) in [7, 11) is -3.65. The number of sulfonamides is 1. The van der Waals surface area contributed by atoms with Crippen LogP contribution in [0.3, 0.4) is 0 Å². The van der Waals surface area contributed by atoms with Gasteiger partial charge in [0.15, 0.2) is 0 Å². The van der Waals surface area contributed by atoms with Crippen molar-refractivity contribution < 1.29 is 18.6 Å². The number of nitrogens with zero attached hydrogens (tertiary/aromatic N) is 1. The van der Waals surface area contributed by atoms with E-state index in [0.717, 1.165) is 13.4 Å². The molecule has 1 rings (SSSR count). The van der Waals surface area contributed by atoms with E-state index < -0.39 is 10.0 Å². The van der Waals surface area contributed by atoms with Crippen LogP contribution in [0.4, 0.5) is 0 Å². The summed E-state index contributed by atoms with van der Waals surface area (Å²) >= 11 is 2.13. The van der Waals surface area contributed by atoms with Gasteiger partial charge in [0.25, 0.3) is 0 Å². The van der Waals surface area contributed by atoms with Gasteiger partial charge in [0, 0.05) is 16.7 Å². The summed E-state index contributed by atoms with van der Waals surface area (Å²) in [5, 5.41) is 17.8. The van der Waals surface area contributed by atoms with Crippen molar-refractivity contribution in [3.63, 3.8) is 0 Å². The monoisotopic (exact) mass is 385 g/mol. The van der Waals surface area contributed by atoms with Crippen LogP contribution in [0, 0.1) is 10.5 Å². The average Bonchev–Trinajstić information content (AvgIpc) is 2.32. The summed E-state index contributed by atoms with van der Waals surface area (Å²) in [6.45, 7) is 1.25. The van der Waals surface area contributed by atoms with E-state index in [1.54, 1.807) is 12.1 Å². The van der Waals surface area contributed by atoms with E-state index in [1.807, 2.05) is 6.92 Å². The summed E-state index contributed by atoms with van der Waals surface area (Å²) in [5.41, 5.74) is 0.879. The highest BCUT2D eigenvalue weighted by atomic mass is 127. The molecule has 1 aromatic carbocycles. The SMILES string of the molecule is Cc1cc(S(=O)(=O)N(CCO)CCO)ccc1I. The summed E-state index contributed by atoms with van der Waals surface area (Å²) in [6.07, 6.45) is 0. The van der Waals surface area contributed by atoms with Gasteiger partial charge in [-0.3, -0.25) is 0 Å². The third-order valence-electron chi connectivity index (χ3n) is 2.47. The molecule has 0 aliphatic heterocycles. The van der Waals surface area contributed by atoms with E-state index in [0.29, 0.717) is 0 Å². The minimum atomic E-state index is -3.65. The first-order valence-electron chi connectivity index (χ1n) is 5.41. The highest BCUT2D eigenvalue weighted by molar-refractivity contribution is 14.1. The quantitative estimate of drug-likeness (QED) is 0.703. The lowest BCUT2D eigenvalue weighted by Gasteiger charge is -2.20. The molecule has 0 amide bonds. The molecule has 0 spiro atoms. The molecule has 102 valence electrons. The Balaban J connectivity index is 3.13. The molecule has 7 heteroatoms. The molecule has 0 bridgehead atoms. The molecule has 1 aromatic rings. The lowest BCUT2D eigenvalue weighted by molar-refractivity contribution is 0.217. The molecule has 0 fully saturated rings. The minimum Gasteiger partial charge on any atom is -0.395 e. The maximum atomic E-state index is 12.3. The smallest absolute Gasteiger partial charge is 0.243 e. The van der Waals surface area contributed by atoms with Crippen LogP contribution < -0.4 is 0 Å². The maximum absolute atomic E-state index is 12.3. The van der Waals surface area contributed by atoms with Crippen LogP contribution in [0.2, 0.25) is 0 Å². The van der Waals surface area contributed by atoms with Gasteiger partial charge < -0.3 is 10.2 Å². The number of aliphatic hydroxyl groups is 2. The second-order valence-electron chi connectivity index (χ2n) is 3.76. The van der Waals surface area contributed by atoms with Crippen molar-refractivity contribution in [2.45, 2.75) is 11.8 Å². The Morgan fingerprint density at radius 1 is 1.22 bits per heavy atom. The first-order chi connectivity index (χ1) is 8.43. The van der Waals surface area contributed by atoms with Gasteiger partial charge in [0.05, 0.1) is 18.1 Å². The topological polar surface area (TPSA) is 77.8 Å². The highest BCUT2D eigenvalue weighted by Crippen LogP contribution is 2.20. The normalized spacial score (nSPS) is 12.1. The lowest BCUT2D eigenvalue weighted by Crippen LogP contribution is -2.35. The number of rotatable bonds is 6. The van der Waals surface area contributed by atoms with Gasteiger partial charge in [0.1, 0.15) is 0 Å². The van der Waals surface area contributed by atoms with E-state index in [9.17, 15) is 8.42 Å². The van der Waals surface area contributed by atoms with Crippen LogP contribution in [0.25, 0.3) is 0 Å². The molecule has 0 saturated carbocycles. The molecule has 18 heavy (non-hydrogen) atoms. The molecule has 0 heterocycles. The van der Waals surface area contributed by atoms with Crippen molar-refractivity contribution >= 4 is 32.6 Å². The Morgan fingerprint density at radius 3 is 2.22 bits per heavy atom. The number of halogens is 1. The number of hydrogen-bond acceptors (Lipinski definition) is 4. The van der Waals surface area contributed by atoms with Crippen LogP contribution >= 0.6 is 22.6 Å². The van der Waals surface area contributed by atoms with Crippen molar-refractivity contribution in [3.8, 4) is 0 Å². The first kappa shape index (κ1) is 15.8. The Hall–Kier alpha value is -0.220. The standard InChI is InChI=1S/C11H16INO4S/c1-9-8-10(2-3-11(9)12)18(16,17)13(4-6-14)5-7-15/h2-3,8,14-15H,4-7H2,1H3. The minimum absolute atomic E-state index is 0.0199. The van der Waals surface area contributed by atoms with E-state index in [-0.39, 0.29) is 31.2 Å². The fourth-order valence-electron chi connectivity index (χ4n) is 1.50. The molecule has 0 atom stereocenters. The van der Waals surface area contributed by atoms with Crippen molar-refractivity contribution in [3.05, 3.63) is 27.3 Å². The highest BCUT2D eigenvalue weighted by Gasteiger charge is 2.23. The molecule has 0 aliphatic rings. The summed E-state index contributed by atoms with van der Waals surface area (Å²) in [6, 6.07) is 4.86. The second-order valence-corrected chi connectivity index (χ2v) is 6.86. The predicted octanol–water partition coefficient (Wildman–Crippen LogP) is 0.575. The van der Waals surface area contributed by atoms with Gasteiger partial charge >= 0.3 is 0 Å². The van der Waals surface area contributed by atoms with Crippen molar-refractivity contribution in [2.75, 3.05) is 26.3 Å². The first-order valence-corrected chi connectivity index (χ1v) is 7.93. The van der Waals surface area contributed by atoms with Gasteiger partial charge in [-0.05, 0) is 53.3 Å². The van der Waals surface area contributed by atoms with Gasteiger partial charge in [-0.1, -0.05) is 0 Å². The van der Waals surface area contributed by atoms with E-state index in [2.05, 4.69) is 22.6 Å². The molecule has 0 saturated heterocycles. The fourth-order valence-corrected chi connectivity index (χ4v) is 3.35. The Kier molecular flexibility index (Phi) is 5.99. The molecule has 0 radical (unpaired) electrons. The van der Waals surface area contributed by atoms with Gasteiger partial charge in [0.2, 0.25) is 10.0 Å². The van der Waals surface area contributed by atoms with Crippen molar-refractivity contribution in [2.24, 2.45) is 0 Å². The van der Waals surface area contributed by atoms with Crippen molar-refractivity contribution in [1.82, 2.24) is 4.31 Å². The summed E-state index contributed by atoms with van der Waals surface area (Å²) < 4.78 is 26.6. The number of aryl methyl sites for hydroxylation is 1. The molecule has 2 N–H and O–H groups in total. The van der Waals surface area contributed by atoms with Crippen LogP contribution in [0.5, 0.6) is 0 Å². The predicted molar refractivity (Wildman–Crippen MR) is 76.8 cm³/mol. The second kappa shape index (κ2) is 6.80. The van der Waals surface area contributed by atoms with Gasteiger partial charge in [-0.25, -0.2) is 8.42 Å². The largest absolute Gasteiger partial charge is 0.395 e. The summed E-state index contributed by atoms with van der Waals surface area (Å²) in [4.78, 5) is 0.183.